The predicted molar refractivity (Wildman–Crippen MR) is 62.3 cm³/mol. The fourth-order valence-electron chi connectivity index (χ4n) is 2.28. The number of rotatable bonds is 4. The molecule has 2 atom stereocenters. The van der Waals surface area contributed by atoms with E-state index >= 15 is 0 Å². The van der Waals surface area contributed by atoms with Gasteiger partial charge in [-0.1, -0.05) is 0 Å². The molecule has 1 saturated heterocycles. The largest absolute Gasteiger partial charge is 0.465 e. The summed E-state index contributed by atoms with van der Waals surface area (Å²) in [5.74, 6) is 0.188. The van der Waals surface area contributed by atoms with Gasteiger partial charge in [0.05, 0.1) is 6.61 Å². The van der Waals surface area contributed by atoms with Crippen LogP contribution in [0.3, 0.4) is 0 Å². The molecule has 1 aliphatic carbocycles. The zero-order valence-corrected chi connectivity index (χ0v) is 10.4. The molecule has 5 nitrogen and oxygen atoms in total. The highest BCUT2D eigenvalue weighted by Gasteiger charge is 2.38. The van der Waals surface area contributed by atoms with Gasteiger partial charge in [-0.2, -0.15) is 0 Å². The molecule has 0 radical (unpaired) electrons. The van der Waals surface area contributed by atoms with E-state index in [1.807, 2.05) is 11.9 Å². The zero-order valence-electron chi connectivity index (χ0n) is 10.4. The number of nitrogens with zero attached hydrogens (tertiary/aromatic N) is 1. The normalized spacial score (nSPS) is 29.1. The summed E-state index contributed by atoms with van der Waals surface area (Å²) in [6, 6.07) is -0.123. The number of hydrogen-bond donors (Lipinski definition) is 1. The predicted octanol–water partition coefficient (Wildman–Crippen LogP) is 0.148. The van der Waals surface area contributed by atoms with E-state index in [1.165, 1.54) is 0 Å². The van der Waals surface area contributed by atoms with Crippen LogP contribution in [0.5, 0.6) is 0 Å². The van der Waals surface area contributed by atoms with Crippen LogP contribution < -0.4 is 5.32 Å². The van der Waals surface area contributed by atoms with Gasteiger partial charge in [-0.15, -0.1) is 0 Å². The summed E-state index contributed by atoms with van der Waals surface area (Å²) in [6.07, 6.45) is 2.68. The fraction of sp³-hybridized carbons (Fsp3) is 0.833. The Hall–Kier alpha value is -1.10. The molecule has 0 bridgehead atoms. The van der Waals surface area contributed by atoms with Crippen LogP contribution in [0.4, 0.5) is 0 Å². The van der Waals surface area contributed by atoms with E-state index in [0.717, 1.165) is 19.4 Å². The van der Waals surface area contributed by atoms with Crippen LogP contribution in [-0.2, 0) is 14.3 Å². The SMILES string of the molecule is CCOC(=O)[C@@H]1C[C@@H](NC(=O)C2CC2)CN1C. The lowest BCUT2D eigenvalue weighted by molar-refractivity contribution is -0.148. The molecule has 0 unspecified atom stereocenters. The van der Waals surface area contributed by atoms with Gasteiger partial charge in [0.25, 0.3) is 0 Å². The van der Waals surface area contributed by atoms with Crippen molar-refractivity contribution in [1.82, 2.24) is 10.2 Å². The van der Waals surface area contributed by atoms with Crippen molar-refractivity contribution in [2.75, 3.05) is 20.2 Å². The Bertz CT molecular complexity index is 315. The van der Waals surface area contributed by atoms with Gasteiger partial charge in [0.15, 0.2) is 0 Å². The van der Waals surface area contributed by atoms with E-state index in [1.54, 1.807) is 6.92 Å². The average molecular weight is 240 g/mol. The van der Waals surface area contributed by atoms with Crippen LogP contribution >= 0.6 is 0 Å². The number of amides is 1. The van der Waals surface area contributed by atoms with E-state index in [2.05, 4.69) is 5.32 Å². The molecule has 96 valence electrons. The van der Waals surface area contributed by atoms with E-state index in [9.17, 15) is 9.59 Å². The first kappa shape index (κ1) is 12.4. The number of nitrogens with one attached hydrogen (secondary N) is 1. The highest BCUT2D eigenvalue weighted by Crippen LogP contribution is 2.29. The lowest BCUT2D eigenvalue weighted by Gasteiger charge is -2.16. The molecule has 1 aliphatic heterocycles. The first-order valence-electron chi connectivity index (χ1n) is 6.29. The zero-order chi connectivity index (χ0) is 12.4. The van der Waals surface area contributed by atoms with Gasteiger partial charge < -0.3 is 10.1 Å². The Morgan fingerprint density at radius 3 is 2.71 bits per heavy atom. The average Bonchev–Trinajstić information content (AvgIpc) is 3.04. The minimum absolute atomic E-state index is 0.0857. The maximum Gasteiger partial charge on any atom is 0.323 e. The summed E-state index contributed by atoms with van der Waals surface area (Å²) >= 11 is 0. The molecule has 0 spiro atoms. The third kappa shape index (κ3) is 2.97. The summed E-state index contributed by atoms with van der Waals surface area (Å²) in [4.78, 5) is 25.2. The maximum absolute atomic E-state index is 11.7. The fourth-order valence-corrected chi connectivity index (χ4v) is 2.28. The highest BCUT2D eigenvalue weighted by atomic mass is 16.5. The standard InChI is InChI=1S/C12H20N2O3/c1-3-17-12(16)10-6-9(7-14(10)2)13-11(15)8-4-5-8/h8-10H,3-7H2,1-2H3,(H,13,15)/t9-,10+/m1/s1. The lowest BCUT2D eigenvalue weighted by atomic mass is 10.1. The van der Waals surface area contributed by atoms with Crippen molar-refractivity contribution in [1.29, 1.82) is 0 Å². The van der Waals surface area contributed by atoms with Gasteiger partial charge in [0.2, 0.25) is 5.91 Å². The summed E-state index contributed by atoms with van der Waals surface area (Å²) < 4.78 is 5.02. The molecule has 17 heavy (non-hydrogen) atoms. The molecule has 0 aromatic heterocycles. The van der Waals surface area contributed by atoms with Crippen molar-refractivity contribution in [3.8, 4) is 0 Å². The van der Waals surface area contributed by atoms with Gasteiger partial charge in [0.1, 0.15) is 6.04 Å². The molecule has 2 aliphatic rings. The number of carbonyl (C=O) groups is 2. The van der Waals surface area contributed by atoms with Crippen molar-refractivity contribution < 1.29 is 14.3 Å². The molecule has 5 heteroatoms. The molecule has 1 saturated carbocycles. The van der Waals surface area contributed by atoms with Gasteiger partial charge in [-0.25, -0.2) is 0 Å². The van der Waals surface area contributed by atoms with E-state index < -0.39 is 0 Å². The molecule has 0 aromatic carbocycles. The first-order chi connectivity index (χ1) is 8.11. The lowest BCUT2D eigenvalue weighted by Crippen LogP contribution is -2.37. The third-order valence-corrected chi connectivity index (χ3v) is 3.40. The second kappa shape index (κ2) is 5.04. The number of ether oxygens (including phenoxy) is 1. The van der Waals surface area contributed by atoms with Crippen molar-refractivity contribution in [3.05, 3.63) is 0 Å². The Morgan fingerprint density at radius 2 is 2.12 bits per heavy atom. The number of likely N-dealkylation sites (N-methyl/N-ethyl adjacent to an activating group) is 1. The van der Waals surface area contributed by atoms with Crippen LogP contribution in [0.25, 0.3) is 0 Å². The van der Waals surface area contributed by atoms with Gasteiger partial charge in [-0.3, -0.25) is 14.5 Å². The highest BCUT2D eigenvalue weighted by molar-refractivity contribution is 5.81. The van der Waals surface area contributed by atoms with Gasteiger partial charge in [0, 0.05) is 18.5 Å². The van der Waals surface area contributed by atoms with Gasteiger partial charge in [-0.05, 0) is 33.2 Å². The smallest absolute Gasteiger partial charge is 0.323 e. The molecule has 2 fully saturated rings. The molecular formula is C12H20N2O3. The van der Waals surface area contributed by atoms with Crippen molar-refractivity contribution in [3.63, 3.8) is 0 Å². The topological polar surface area (TPSA) is 58.6 Å². The molecule has 1 heterocycles. The maximum atomic E-state index is 11.7. The Kier molecular flexibility index (Phi) is 3.66. The third-order valence-electron chi connectivity index (χ3n) is 3.40. The van der Waals surface area contributed by atoms with Crippen LogP contribution in [0.2, 0.25) is 0 Å². The van der Waals surface area contributed by atoms with Crippen LogP contribution in [-0.4, -0.2) is 49.1 Å². The summed E-state index contributed by atoms with van der Waals surface area (Å²) in [7, 11) is 1.89. The van der Waals surface area contributed by atoms with Crippen LogP contribution in [0, 0.1) is 5.92 Å². The van der Waals surface area contributed by atoms with Crippen molar-refractivity contribution >= 4 is 11.9 Å². The number of likely N-dealkylation sites (tertiary alicyclic amines) is 1. The molecule has 0 aromatic rings. The minimum Gasteiger partial charge on any atom is -0.465 e. The Morgan fingerprint density at radius 1 is 1.41 bits per heavy atom. The van der Waals surface area contributed by atoms with Crippen molar-refractivity contribution in [2.45, 2.75) is 38.3 Å². The quantitative estimate of drug-likeness (QED) is 0.711. The van der Waals surface area contributed by atoms with Crippen LogP contribution in [0.1, 0.15) is 26.2 Å². The minimum atomic E-state index is -0.209. The Labute approximate surface area is 101 Å². The summed E-state index contributed by atoms with van der Waals surface area (Å²) in [5, 5.41) is 3.01. The number of carbonyl (C=O) groups excluding carboxylic acids is 2. The number of hydrogen-bond acceptors (Lipinski definition) is 4. The van der Waals surface area contributed by atoms with Crippen LogP contribution in [0.15, 0.2) is 0 Å². The molecule has 2 rings (SSSR count). The second-order valence-corrected chi connectivity index (χ2v) is 4.92. The van der Waals surface area contributed by atoms with Gasteiger partial charge >= 0.3 is 5.97 Å². The molecule has 1 amide bonds. The second-order valence-electron chi connectivity index (χ2n) is 4.92. The summed E-state index contributed by atoms with van der Waals surface area (Å²) in [5.41, 5.74) is 0. The monoisotopic (exact) mass is 240 g/mol. The van der Waals surface area contributed by atoms with E-state index in [-0.39, 0.29) is 29.9 Å². The Balaban J connectivity index is 1.83. The first-order valence-corrected chi connectivity index (χ1v) is 6.29. The van der Waals surface area contributed by atoms with E-state index in [4.69, 9.17) is 4.74 Å². The van der Waals surface area contributed by atoms with Crippen molar-refractivity contribution in [2.24, 2.45) is 5.92 Å². The number of esters is 1. The summed E-state index contributed by atoms with van der Waals surface area (Å²) in [6.45, 7) is 2.93. The van der Waals surface area contributed by atoms with E-state index in [0.29, 0.717) is 13.0 Å². The molecule has 1 N–H and O–H groups in total. The molecular weight excluding hydrogens is 220 g/mol.